The van der Waals surface area contributed by atoms with Crippen LogP contribution in [0.25, 0.3) is 0 Å². The van der Waals surface area contributed by atoms with Gasteiger partial charge >= 0.3 is 0 Å². The molecule has 1 aliphatic carbocycles. The molecule has 128 valence electrons. The fourth-order valence-corrected chi connectivity index (χ4v) is 3.26. The SMILES string of the molecule is CCOCCCCCCCCCCCCC#CC1CCCC1. The fourth-order valence-electron chi connectivity index (χ4n) is 3.26. The first kappa shape index (κ1) is 19.6. The van der Waals surface area contributed by atoms with E-state index in [0.717, 1.165) is 25.6 Å². The van der Waals surface area contributed by atoms with Crippen LogP contribution >= 0.6 is 0 Å². The summed E-state index contributed by atoms with van der Waals surface area (Å²) < 4.78 is 5.35. The third kappa shape index (κ3) is 12.1. The van der Waals surface area contributed by atoms with Gasteiger partial charge in [-0.05, 0) is 32.6 Å². The third-order valence-electron chi connectivity index (χ3n) is 4.71. The molecule has 0 radical (unpaired) electrons. The molecule has 0 N–H and O–H groups in total. The first-order valence-corrected chi connectivity index (χ1v) is 9.99. The summed E-state index contributed by atoms with van der Waals surface area (Å²) in [5, 5.41) is 0. The van der Waals surface area contributed by atoms with Gasteiger partial charge in [0.1, 0.15) is 0 Å². The Balaban J connectivity index is 1.71. The van der Waals surface area contributed by atoms with E-state index in [1.807, 2.05) is 0 Å². The molecule has 0 aromatic rings. The van der Waals surface area contributed by atoms with Crippen LogP contribution in [0.4, 0.5) is 0 Å². The Morgan fingerprint density at radius 1 is 0.773 bits per heavy atom. The second-order valence-electron chi connectivity index (χ2n) is 6.78. The zero-order valence-corrected chi connectivity index (χ0v) is 15.0. The average Bonchev–Trinajstić information content (AvgIpc) is 3.04. The first-order valence-electron chi connectivity index (χ1n) is 9.99. The van der Waals surface area contributed by atoms with E-state index in [-0.39, 0.29) is 0 Å². The Kier molecular flexibility index (Phi) is 13.7. The van der Waals surface area contributed by atoms with Crippen molar-refractivity contribution in [3.05, 3.63) is 0 Å². The summed E-state index contributed by atoms with van der Waals surface area (Å²) in [6.45, 7) is 3.90. The molecule has 0 aromatic carbocycles. The molecule has 0 spiro atoms. The maximum absolute atomic E-state index is 5.35. The van der Waals surface area contributed by atoms with E-state index in [1.54, 1.807) is 0 Å². The number of ether oxygens (including phenoxy) is 1. The number of hydrogen-bond acceptors (Lipinski definition) is 1. The lowest BCUT2D eigenvalue weighted by atomic mass is 10.1. The molecular formula is C21H38O. The zero-order chi connectivity index (χ0) is 15.7. The molecule has 1 aliphatic rings. The van der Waals surface area contributed by atoms with Gasteiger partial charge in [-0.25, -0.2) is 0 Å². The molecule has 0 bridgehead atoms. The van der Waals surface area contributed by atoms with Crippen LogP contribution in [-0.4, -0.2) is 13.2 Å². The van der Waals surface area contributed by atoms with E-state index < -0.39 is 0 Å². The van der Waals surface area contributed by atoms with Crippen molar-refractivity contribution in [2.75, 3.05) is 13.2 Å². The fraction of sp³-hybridized carbons (Fsp3) is 0.905. The monoisotopic (exact) mass is 306 g/mol. The molecule has 0 aromatic heterocycles. The van der Waals surface area contributed by atoms with Crippen LogP contribution in [0, 0.1) is 17.8 Å². The van der Waals surface area contributed by atoms with Gasteiger partial charge in [0, 0.05) is 25.6 Å². The van der Waals surface area contributed by atoms with E-state index in [0.29, 0.717) is 0 Å². The smallest absolute Gasteiger partial charge is 0.0465 e. The Morgan fingerprint density at radius 3 is 1.91 bits per heavy atom. The highest BCUT2D eigenvalue weighted by Crippen LogP contribution is 2.23. The van der Waals surface area contributed by atoms with Crippen LogP contribution in [0.5, 0.6) is 0 Å². The minimum Gasteiger partial charge on any atom is -0.382 e. The van der Waals surface area contributed by atoms with E-state index in [2.05, 4.69) is 18.8 Å². The van der Waals surface area contributed by atoms with E-state index >= 15 is 0 Å². The predicted molar refractivity (Wildman–Crippen MR) is 97.0 cm³/mol. The van der Waals surface area contributed by atoms with Crippen molar-refractivity contribution < 1.29 is 4.74 Å². The Bertz CT molecular complexity index is 280. The first-order chi connectivity index (χ1) is 10.9. The van der Waals surface area contributed by atoms with Gasteiger partial charge in [0.25, 0.3) is 0 Å². The van der Waals surface area contributed by atoms with E-state index in [9.17, 15) is 0 Å². The minimum atomic E-state index is 0.744. The summed E-state index contributed by atoms with van der Waals surface area (Å²) in [6, 6.07) is 0. The largest absolute Gasteiger partial charge is 0.382 e. The van der Waals surface area contributed by atoms with Gasteiger partial charge in [-0.15, -0.1) is 5.92 Å². The van der Waals surface area contributed by atoms with Gasteiger partial charge in [0.2, 0.25) is 0 Å². The maximum atomic E-state index is 5.35. The summed E-state index contributed by atoms with van der Waals surface area (Å²) in [5.74, 6) is 7.62. The summed E-state index contributed by atoms with van der Waals surface area (Å²) in [7, 11) is 0. The molecular weight excluding hydrogens is 268 g/mol. The molecule has 1 nitrogen and oxygen atoms in total. The average molecular weight is 307 g/mol. The van der Waals surface area contributed by atoms with Gasteiger partial charge in [-0.1, -0.05) is 70.1 Å². The second kappa shape index (κ2) is 15.4. The van der Waals surface area contributed by atoms with Gasteiger partial charge in [0.15, 0.2) is 0 Å². The van der Waals surface area contributed by atoms with Crippen LogP contribution in [0.1, 0.15) is 103 Å². The van der Waals surface area contributed by atoms with Gasteiger partial charge in [0.05, 0.1) is 0 Å². The number of hydrogen-bond donors (Lipinski definition) is 0. The summed E-state index contributed by atoms with van der Waals surface area (Å²) in [6.07, 6.45) is 20.5. The van der Waals surface area contributed by atoms with Crippen LogP contribution in [0.3, 0.4) is 0 Å². The molecule has 0 heterocycles. The van der Waals surface area contributed by atoms with Crippen molar-refractivity contribution in [1.29, 1.82) is 0 Å². The van der Waals surface area contributed by atoms with Crippen molar-refractivity contribution in [2.24, 2.45) is 5.92 Å². The molecule has 0 unspecified atom stereocenters. The molecule has 1 heteroatoms. The predicted octanol–water partition coefficient (Wildman–Crippen LogP) is 6.51. The van der Waals surface area contributed by atoms with Gasteiger partial charge in [-0.3, -0.25) is 0 Å². The highest BCUT2D eigenvalue weighted by atomic mass is 16.5. The topological polar surface area (TPSA) is 9.23 Å². The van der Waals surface area contributed by atoms with Crippen molar-refractivity contribution >= 4 is 0 Å². The van der Waals surface area contributed by atoms with Crippen molar-refractivity contribution in [3.63, 3.8) is 0 Å². The number of unbranched alkanes of at least 4 members (excludes halogenated alkanes) is 10. The Labute approximate surface area is 139 Å². The lowest BCUT2D eigenvalue weighted by Crippen LogP contribution is -1.92. The van der Waals surface area contributed by atoms with Gasteiger partial charge < -0.3 is 4.74 Å². The maximum Gasteiger partial charge on any atom is 0.0465 e. The normalized spacial score (nSPS) is 15.0. The second-order valence-corrected chi connectivity index (χ2v) is 6.78. The molecule has 0 saturated heterocycles. The summed E-state index contributed by atoms with van der Waals surface area (Å²) >= 11 is 0. The third-order valence-corrected chi connectivity index (χ3v) is 4.71. The molecule has 0 aliphatic heterocycles. The standard InChI is InChI=1S/C21H38O/c1-2-22-20-16-12-10-8-6-4-3-5-7-9-11-13-17-21-18-14-15-19-21/h21H,2-12,14-16,18-20H2,1H3. The van der Waals surface area contributed by atoms with E-state index in [4.69, 9.17) is 4.74 Å². The Hall–Kier alpha value is -0.480. The van der Waals surface area contributed by atoms with E-state index in [1.165, 1.54) is 89.9 Å². The highest BCUT2D eigenvalue weighted by molar-refractivity contribution is 5.04. The summed E-state index contributed by atoms with van der Waals surface area (Å²) in [4.78, 5) is 0. The van der Waals surface area contributed by atoms with Crippen LogP contribution in [0.2, 0.25) is 0 Å². The molecule has 0 atom stereocenters. The molecule has 22 heavy (non-hydrogen) atoms. The molecule has 1 fully saturated rings. The summed E-state index contributed by atoms with van der Waals surface area (Å²) in [5.41, 5.74) is 0. The molecule has 0 amide bonds. The van der Waals surface area contributed by atoms with Gasteiger partial charge in [-0.2, -0.15) is 0 Å². The molecule has 1 saturated carbocycles. The highest BCUT2D eigenvalue weighted by Gasteiger charge is 2.10. The Morgan fingerprint density at radius 2 is 1.32 bits per heavy atom. The van der Waals surface area contributed by atoms with Crippen molar-refractivity contribution in [3.8, 4) is 11.8 Å². The van der Waals surface area contributed by atoms with Crippen LogP contribution < -0.4 is 0 Å². The lowest BCUT2D eigenvalue weighted by Gasteiger charge is -2.03. The zero-order valence-electron chi connectivity index (χ0n) is 15.0. The van der Waals surface area contributed by atoms with Crippen molar-refractivity contribution in [1.82, 2.24) is 0 Å². The van der Waals surface area contributed by atoms with Crippen molar-refractivity contribution in [2.45, 2.75) is 103 Å². The minimum absolute atomic E-state index is 0.744. The lowest BCUT2D eigenvalue weighted by molar-refractivity contribution is 0.143. The molecule has 1 rings (SSSR count). The quantitative estimate of drug-likeness (QED) is 0.278. The number of rotatable bonds is 13. The van der Waals surface area contributed by atoms with Crippen LogP contribution in [0.15, 0.2) is 0 Å². The van der Waals surface area contributed by atoms with Crippen LogP contribution in [-0.2, 0) is 4.74 Å².